The van der Waals surface area contributed by atoms with E-state index in [1.165, 1.54) is 29.2 Å². The molecule has 0 heterocycles. The highest BCUT2D eigenvalue weighted by atomic mass is 35.5. The molecule has 3 aromatic rings. The lowest BCUT2D eigenvalue weighted by Gasteiger charge is -2.33. The standard InChI is InChI=1S/C31H37Cl2N3O5S/c1-4-7-20-34-31(38)27(5-2)35(21-23-12-8-9-13-26(23)33)30(37)22-36(28-14-10-11-15-29(28)41-6-3)42(39,40)25-18-16-24(32)17-19-25/h8-19,27H,4-7,20-22H2,1-3H3,(H,34,38)/t27-/m0/s1. The van der Waals surface area contributed by atoms with Crippen LogP contribution in [-0.4, -0.2) is 50.9 Å². The SMILES string of the molecule is CCCCNC(=O)[C@H](CC)N(Cc1ccccc1Cl)C(=O)CN(c1ccccc1OCC)S(=O)(=O)c1ccc(Cl)cc1. The number of nitrogens with one attached hydrogen (secondary N) is 1. The van der Waals surface area contributed by atoms with E-state index in [-0.39, 0.29) is 29.6 Å². The zero-order chi connectivity index (χ0) is 30.7. The molecule has 0 fully saturated rings. The third-order valence-corrected chi connectivity index (χ3v) is 9.02. The summed E-state index contributed by atoms with van der Waals surface area (Å²) in [4.78, 5) is 28.9. The third-order valence-electron chi connectivity index (χ3n) is 6.63. The summed E-state index contributed by atoms with van der Waals surface area (Å²) in [5.74, 6) is -0.586. The number of halogens is 2. The number of unbranched alkanes of at least 4 members (excludes halogenated alkanes) is 1. The maximum absolute atomic E-state index is 14.2. The molecular weight excluding hydrogens is 597 g/mol. The van der Waals surface area contributed by atoms with Gasteiger partial charge in [0.15, 0.2) is 0 Å². The van der Waals surface area contributed by atoms with E-state index in [1.54, 1.807) is 55.5 Å². The van der Waals surface area contributed by atoms with E-state index in [4.69, 9.17) is 27.9 Å². The number of para-hydroxylation sites is 2. The van der Waals surface area contributed by atoms with Gasteiger partial charge in [0.1, 0.15) is 18.3 Å². The molecule has 0 aliphatic rings. The van der Waals surface area contributed by atoms with E-state index >= 15 is 0 Å². The van der Waals surface area contributed by atoms with Gasteiger partial charge in [-0.1, -0.05) is 73.8 Å². The first-order valence-corrected chi connectivity index (χ1v) is 16.1. The van der Waals surface area contributed by atoms with Crippen LogP contribution in [0.1, 0.15) is 45.6 Å². The first kappa shape index (κ1) is 33.2. The number of hydrogen-bond donors (Lipinski definition) is 1. The van der Waals surface area contributed by atoms with Crippen LogP contribution in [0, 0.1) is 0 Å². The molecule has 2 amide bonds. The molecule has 42 heavy (non-hydrogen) atoms. The van der Waals surface area contributed by atoms with Gasteiger partial charge in [0, 0.05) is 23.1 Å². The fourth-order valence-corrected chi connectivity index (χ4v) is 6.17. The van der Waals surface area contributed by atoms with E-state index in [0.29, 0.717) is 34.3 Å². The molecule has 0 aromatic heterocycles. The predicted molar refractivity (Wildman–Crippen MR) is 168 cm³/mol. The molecule has 0 bridgehead atoms. The van der Waals surface area contributed by atoms with Gasteiger partial charge in [-0.3, -0.25) is 13.9 Å². The summed E-state index contributed by atoms with van der Waals surface area (Å²) >= 11 is 12.5. The van der Waals surface area contributed by atoms with Gasteiger partial charge in [0.05, 0.1) is 17.2 Å². The molecule has 0 aliphatic carbocycles. The topological polar surface area (TPSA) is 96.0 Å². The largest absolute Gasteiger partial charge is 0.492 e. The molecular formula is C31H37Cl2N3O5S. The number of ether oxygens (including phenoxy) is 1. The Hall–Kier alpha value is -3.27. The maximum Gasteiger partial charge on any atom is 0.264 e. The van der Waals surface area contributed by atoms with Gasteiger partial charge < -0.3 is 15.0 Å². The second kappa shape index (κ2) is 15.8. The summed E-state index contributed by atoms with van der Waals surface area (Å²) in [5, 5.41) is 3.72. The van der Waals surface area contributed by atoms with Crippen molar-refractivity contribution < 1.29 is 22.7 Å². The van der Waals surface area contributed by atoms with Gasteiger partial charge in [-0.25, -0.2) is 8.42 Å². The molecule has 0 aliphatic heterocycles. The van der Waals surface area contributed by atoms with Gasteiger partial charge in [0.25, 0.3) is 10.0 Å². The maximum atomic E-state index is 14.2. The summed E-state index contributed by atoms with van der Waals surface area (Å²) in [5.41, 5.74) is 0.829. The fourth-order valence-electron chi connectivity index (χ4n) is 4.42. The molecule has 1 atom stereocenters. The Kier molecular flexibility index (Phi) is 12.5. The average molecular weight is 635 g/mol. The van der Waals surface area contributed by atoms with Gasteiger partial charge in [-0.2, -0.15) is 0 Å². The van der Waals surface area contributed by atoms with Gasteiger partial charge in [-0.05, 0) is 67.8 Å². The molecule has 0 saturated heterocycles. The minimum atomic E-state index is -4.27. The lowest BCUT2D eigenvalue weighted by Crippen LogP contribution is -2.52. The van der Waals surface area contributed by atoms with Crippen LogP contribution in [0.3, 0.4) is 0 Å². The van der Waals surface area contributed by atoms with Gasteiger partial charge >= 0.3 is 0 Å². The van der Waals surface area contributed by atoms with Crippen molar-refractivity contribution in [2.45, 2.75) is 57.5 Å². The molecule has 11 heteroatoms. The van der Waals surface area contributed by atoms with Crippen molar-refractivity contribution in [3.05, 3.63) is 88.4 Å². The summed E-state index contributed by atoms with van der Waals surface area (Å²) in [6.07, 6.45) is 2.01. The number of hydrogen-bond acceptors (Lipinski definition) is 5. The second-order valence-corrected chi connectivity index (χ2v) is 12.3. The van der Waals surface area contributed by atoms with Crippen LogP contribution in [0.5, 0.6) is 5.75 Å². The van der Waals surface area contributed by atoms with Crippen LogP contribution >= 0.6 is 23.2 Å². The van der Waals surface area contributed by atoms with Crippen LogP contribution in [0.15, 0.2) is 77.7 Å². The van der Waals surface area contributed by atoms with E-state index in [0.717, 1.165) is 17.1 Å². The zero-order valence-electron chi connectivity index (χ0n) is 24.1. The van der Waals surface area contributed by atoms with Crippen LogP contribution in [-0.2, 0) is 26.2 Å². The van der Waals surface area contributed by atoms with Crippen molar-refractivity contribution in [3.63, 3.8) is 0 Å². The first-order valence-electron chi connectivity index (χ1n) is 13.9. The van der Waals surface area contributed by atoms with Crippen molar-refractivity contribution in [2.75, 3.05) is 24.0 Å². The molecule has 0 saturated carbocycles. The van der Waals surface area contributed by atoms with Crippen molar-refractivity contribution >= 4 is 50.7 Å². The van der Waals surface area contributed by atoms with Crippen molar-refractivity contribution in [1.82, 2.24) is 10.2 Å². The summed E-state index contributed by atoms with van der Waals surface area (Å²) in [7, 11) is -4.27. The molecule has 3 aromatic carbocycles. The summed E-state index contributed by atoms with van der Waals surface area (Å²) in [6, 6.07) is 18.5. The normalized spacial score (nSPS) is 11.9. The molecule has 1 N–H and O–H groups in total. The van der Waals surface area contributed by atoms with Gasteiger partial charge in [0.2, 0.25) is 11.8 Å². The summed E-state index contributed by atoms with van der Waals surface area (Å²) < 4.78 is 34.9. The van der Waals surface area contributed by atoms with E-state index in [1.807, 2.05) is 13.8 Å². The molecule has 226 valence electrons. The molecule has 0 unspecified atom stereocenters. The Labute approximate surface area is 258 Å². The van der Waals surface area contributed by atoms with Crippen LogP contribution < -0.4 is 14.4 Å². The third kappa shape index (κ3) is 8.40. The second-order valence-electron chi connectivity index (χ2n) is 9.55. The average Bonchev–Trinajstić information content (AvgIpc) is 2.97. The predicted octanol–water partition coefficient (Wildman–Crippen LogP) is 6.31. The van der Waals surface area contributed by atoms with E-state index in [2.05, 4.69) is 5.32 Å². The Bertz CT molecular complexity index is 1450. The Morgan fingerprint density at radius 3 is 2.24 bits per heavy atom. The lowest BCUT2D eigenvalue weighted by molar-refractivity contribution is -0.140. The van der Waals surface area contributed by atoms with Gasteiger partial charge in [-0.15, -0.1) is 0 Å². The fraction of sp³-hybridized carbons (Fsp3) is 0.355. The zero-order valence-corrected chi connectivity index (χ0v) is 26.4. The van der Waals surface area contributed by atoms with Crippen molar-refractivity contribution in [1.29, 1.82) is 0 Å². The number of benzene rings is 3. The van der Waals surface area contributed by atoms with Crippen molar-refractivity contribution in [2.24, 2.45) is 0 Å². The quantitative estimate of drug-likeness (QED) is 0.198. The number of nitrogens with zero attached hydrogens (tertiary/aromatic N) is 2. The number of rotatable bonds is 15. The minimum absolute atomic E-state index is 0.0140. The molecule has 3 rings (SSSR count). The highest BCUT2D eigenvalue weighted by Gasteiger charge is 2.35. The summed E-state index contributed by atoms with van der Waals surface area (Å²) in [6.45, 7) is 5.80. The van der Waals surface area contributed by atoms with Crippen LogP contribution in [0.2, 0.25) is 10.0 Å². The Morgan fingerprint density at radius 1 is 0.929 bits per heavy atom. The number of carbonyl (C=O) groups is 2. The van der Waals surface area contributed by atoms with Crippen LogP contribution in [0.25, 0.3) is 0 Å². The van der Waals surface area contributed by atoms with E-state index in [9.17, 15) is 18.0 Å². The minimum Gasteiger partial charge on any atom is -0.492 e. The number of sulfonamides is 1. The molecule has 8 nitrogen and oxygen atoms in total. The number of carbonyl (C=O) groups excluding carboxylic acids is 2. The van der Waals surface area contributed by atoms with Crippen molar-refractivity contribution in [3.8, 4) is 5.75 Å². The van der Waals surface area contributed by atoms with E-state index < -0.39 is 28.5 Å². The monoisotopic (exact) mass is 633 g/mol. The highest BCUT2D eigenvalue weighted by molar-refractivity contribution is 7.92. The molecule has 0 radical (unpaired) electrons. The lowest BCUT2D eigenvalue weighted by atomic mass is 10.1. The number of anilines is 1. The molecule has 0 spiro atoms. The first-order chi connectivity index (χ1) is 20.1. The number of amides is 2. The Morgan fingerprint density at radius 2 is 1.60 bits per heavy atom. The van der Waals surface area contributed by atoms with Crippen LogP contribution in [0.4, 0.5) is 5.69 Å². The smallest absolute Gasteiger partial charge is 0.264 e. The highest BCUT2D eigenvalue weighted by Crippen LogP contribution is 2.33. The Balaban J connectivity index is 2.10.